The number of ether oxygens (including phenoxy) is 5. The lowest BCUT2D eigenvalue weighted by Gasteiger charge is -2.37. The van der Waals surface area contributed by atoms with Gasteiger partial charge in [0.2, 0.25) is 0 Å². The Balaban J connectivity index is 1.46. The first kappa shape index (κ1) is 46.5. The fraction of sp³-hybridized carbons (Fsp3) is 0.545. The lowest BCUT2D eigenvalue weighted by molar-refractivity contribution is -0.145. The number of fused-ring (bicyclic) bond motifs is 4. The van der Waals surface area contributed by atoms with Crippen LogP contribution in [-0.2, 0) is 29.3 Å². The van der Waals surface area contributed by atoms with Crippen molar-refractivity contribution in [3.05, 3.63) is 58.7 Å². The van der Waals surface area contributed by atoms with E-state index in [2.05, 4.69) is 0 Å². The quantitative estimate of drug-likeness (QED) is 0.131. The van der Waals surface area contributed by atoms with E-state index in [-0.39, 0.29) is 86.9 Å². The van der Waals surface area contributed by atoms with Crippen LogP contribution < -0.4 is 4.74 Å². The third-order valence-electron chi connectivity index (χ3n) is 9.89. The molecule has 0 saturated carbocycles. The fourth-order valence-electron chi connectivity index (χ4n) is 7.06. The van der Waals surface area contributed by atoms with Gasteiger partial charge in [-0.25, -0.2) is 24.2 Å². The number of nitrogens with zero attached hydrogens (tertiary/aromatic N) is 5. The second-order valence-corrected chi connectivity index (χ2v) is 18.7. The number of phenols is 2. The molecule has 61 heavy (non-hydrogen) atoms. The number of hydrogen-bond acceptors (Lipinski definition) is 12. The van der Waals surface area contributed by atoms with E-state index in [0.29, 0.717) is 28.0 Å². The zero-order valence-corrected chi connectivity index (χ0v) is 37.9. The van der Waals surface area contributed by atoms with Crippen LogP contribution in [0.25, 0.3) is 0 Å². The number of phenolic OH excluding ortho intramolecular Hbond substituents is 2. The minimum Gasteiger partial charge on any atom is -0.508 e. The number of aromatic hydroxyl groups is 2. The summed E-state index contributed by atoms with van der Waals surface area (Å²) in [5.41, 5.74) is -1.33. The van der Waals surface area contributed by atoms with Gasteiger partial charge >= 0.3 is 24.2 Å². The summed E-state index contributed by atoms with van der Waals surface area (Å²) in [5.74, 6) is -0.134. The summed E-state index contributed by atoms with van der Waals surface area (Å²) >= 11 is 5.93. The second kappa shape index (κ2) is 17.8. The van der Waals surface area contributed by atoms with Gasteiger partial charge in [0, 0.05) is 93.3 Å². The van der Waals surface area contributed by atoms with Gasteiger partial charge in [-0.15, -0.1) is 0 Å². The molecule has 17 heteroatoms. The van der Waals surface area contributed by atoms with E-state index >= 15 is 0 Å². The molecule has 1 fully saturated rings. The number of carbonyl (C=O) groups is 4. The van der Waals surface area contributed by atoms with Gasteiger partial charge in [-0.1, -0.05) is 0 Å². The van der Waals surface area contributed by atoms with Crippen molar-refractivity contribution in [3.8, 4) is 23.0 Å². The first-order chi connectivity index (χ1) is 28.3. The number of rotatable bonds is 2. The van der Waals surface area contributed by atoms with Crippen LogP contribution in [-0.4, -0.2) is 134 Å². The van der Waals surface area contributed by atoms with Crippen molar-refractivity contribution in [2.75, 3.05) is 52.4 Å². The number of carbonyl (C=O) groups excluding carboxylic acids is 4. The van der Waals surface area contributed by atoms with Crippen LogP contribution in [0.3, 0.4) is 0 Å². The molecule has 2 aromatic carbocycles. The van der Waals surface area contributed by atoms with Crippen molar-refractivity contribution in [2.45, 2.75) is 105 Å². The zero-order chi connectivity index (χ0) is 45.2. The highest BCUT2D eigenvalue weighted by atomic mass is 32.1. The first-order valence-electron chi connectivity index (χ1n) is 20.3. The highest BCUT2D eigenvalue weighted by Gasteiger charge is 2.53. The molecule has 0 unspecified atom stereocenters. The maximum absolute atomic E-state index is 13.8. The molecule has 3 aliphatic heterocycles. The minimum atomic E-state index is -1.40. The third kappa shape index (κ3) is 11.4. The molecule has 0 radical (unpaired) electrons. The Hall–Kier alpha value is -5.58. The number of amides is 3. The molecule has 332 valence electrons. The number of hydrogen-bond donors (Lipinski definition) is 2. The zero-order valence-electron chi connectivity index (χ0n) is 37.0. The SMILES string of the molecule is CC(CC1=C(C)C2(OC1=O)c1ccc(O)cc1Oc1cc(O)ccc12)=NC(=S)N1CCN(C(=O)OC(C)(C)C)CCN(C(=O)OC(C)(C)C)CCN(C(=O)OC(C)(C)C)CC1. The predicted octanol–water partition coefficient (Wildman–Crippen LogP) is 7.48. The van der Waals surface area contributed by atoms with Gasteiger partial charge in [0.05, 0.1) is 0 Å². The molecule has 3 heterocycles. The van der Waals surface area contributed by atoms with E-state index in [1.807, 2.05) is 0 Å². The van der Waals surface area contributed by atoms with Crippen LogP contribution >= 0.6 is 12.2 Å². The van der Waals surface area contributed by atoms with Crippen LogP contribution in [0.15, 0.2) is 52.5 Å². The van der Waals surface area contributed by atoms with E-state index in [0.717, 1.165) is 0 Å². The van der Waals surface area contributed by atoms with Crippen LogP contribution in [0.1, 0.15) is 93.7 Å². The molecular formula is C44H59N5O11S. The highest BCUT2D eigenvalue weighted by molar-refractivity contribution is 7.80. The maximum atomic E-state index is 13.8. The van der Waals surface area contributed by atoms with E-state index in [1.54, 1.807) is 93.2 Å². The van der Waals surface area contributed by atoms with E-state index in [9.17, 15) is 29.4 Å². The van der Waals surface area contributed by atoms with Crippen LogP contribution in [0.5, 0.6) is 23.0 Å². The smallest absolute Gasteiger partial charge is 0.410 e. The molecule has 3 aliphatic rings. The van der Waals surface area contributed by atoms with Gasteiger partial charge in [0.15, 0.2) is 10.7 Å². The summed E-state index contributed by atoms with van der Waals surface area (Å²) in [6.07, 6.45) is -1.67. The lowest BCUT2D eigenvalue weighted by Crippen LogP contribution is -2.51. The Morgan fingerprint density at radius 2 is 1.05 bits per heavy atom. The highest BCUT2D eigenvalue weighted by Crippen LogP contribution is 2.57. The van der Waals surface area contributed by atoms with Gasteiger partial charge in [-0.2, -0.15) is 0 Å². The van der Waals surface area contributed by atoms with Crippen LogP contribution in [0, 0.1) is 0 Å². The summed E-state index contributed by atoms with van der Waals surface area (Å²) in [4.78, 5) is 65.4. The van der Waals surface area contributed by atoms with Crippen molar-refractivity contribution in [3.63, 3.8) is 0 Å². The Bertz CT molecular complexity index is 2020. The van der Waals surface area contributed by atoms with Gasteiger partial charge in [-0.3, -0.25) is 0 Å². The molecule has 0 aromatic heterocycles. The molecule has 0 atom stereocenters. The molecule has 3 amide bonds. The number of aliphatic imine (C=N–C) groups is 1. The Kier molecular flexibility index (Phi) is 13.6. The average Bonchev–Trinajstić information content (AvgIpc) is 3.34. The lowest BCUT2D eigenvalue weighted by atomic mass is 9.77. The van der Waals surface area contributed by atoms with E-state index < -0.39 is 46.7 Å². The Morgan fingerprint density at radius 3 is 1.41 bits per heavy atom. The van der Waals surface area contributed by atoms with Gasteiger partial charge in [0.25, 0.3) is 0 Å². The number of thiocarbonyl (C=S) groups is 1. The third-order valence-corrected chi connectivity index (χ3v) is 10.2. The van der Waals surface area contributed by atoms with Crippen molar-refractivity contribution >= 4 is 47.3 Å². The van der Waals surface area contributed by atoms with Crippen molar-refractivity contribution in [2.24, 2.45) is 4.99 Å². The van der Waals surface area contributed by atoms with Gasteiger partial charge in [0.1, 0.15) is 39.8 Å². The minimum absolute atomic E-state index is 0.0481. The number of esters is 1. The normalized spacial score (nSPS) is 17.7. The molecule has 0 aliphatic carbocycles. The van der Waals surface area contributed by atoms with Crippen molar-refractivity contribution in [1.29, 1.82) is 0 Å². The summed E-state index contributed by atoms with van der Waals surface area (Å²) < 4.78 is 29.5. The molecule has 5 rings (SSSR count). The van der Waals surface area contributed by atoms with Gasteiger partial charge < -0.3 is 53.5 Å². The first-order valence-corrected chi connectivity index (χ1v) is 20.7. The Morgan fingerprint density at radius 1 is 0.689 bits per heavy atom. The van der Waals surface area contributed by atoms with E-state index in [1.165, 1.54) is 39.0 Å². The summed E-state index contributed by atoms with van der Waals surface area (Å²) in [6, 6.07) is 9.11. The fourth-order valence-corrected chi connectivity index (χ4v) is 7.40. The maximum Gasteiger partial charge on any atom is 0.410 e. The molecule has 2 N–H and O–H groups in total. The standard InChI is InChI=1S/C44H59N5O11S/c1-27(24-31-28(2)44(57-36(31)52)32-14-12-29(50)25-34(32)56-35-26-30(51)13-15-33(35)44)45-37(61)46-16-18-47(38(53)58-41(3,4)5)20-22-49(40(55)60-43(9,10)11)23-21-48(19-17-46)39(54)59-42(6,7)8/h12-15,25-26,50-51H,16-24H2,1-11H3. The van der Waals surface area contributed by atoms with E-state index in [4.69, 9.17) is 40.9 Å². The van der Waals surface area contributed by atoms with Gasteiger partial charge in [-0.05, 0) is 118 Å². The summed E-state index contributed by atoms with van der Waals surface area (Å²) in [5, 5.41) is 20.7. The van der Waals surface area contributed by atoms with Crippen LogP contribution in [0.2, 0.25) is 0 Å². The summed E-state index contributed by atoms with van der Waals surface area (Å²) in [7, 11) is 0. The van der Waals surface area contributed by atoms with Crippen molar-refractivity contribution in [1.82, 2.24) is 19.6 Å². The summed E-state index contributed by atoms with van der Waals surface area (Å²) in [6.45, 7) is 20.5. The molecule has 2 aromatic rings. The monoisotopic (exact) mass is 865 g/mol. The average molecular weight is 866 g/mol. The predicted molar refractivity (Wildman–Crippen MR) is 231 cm³/mol. The molecular weight excluding hydrogens is 807 g/mol. The van der Waals surface area contributed by atoms with Crippen LogP contribution in [0.4, 0.5) is 14.4 Å². The topological polar surface area (TPSA) is 180 Å². The number of benzene rings is 2. The largest absolute Gasteiger partial charge is 0.508 e. The molecule has 0 bridgehead atoms. The molecule has 1 saturated heterocycles. The van der Waals surface area contributed by atoms with Crippen molar-refractivity contribution < 1.29 is 53.1 Å². The molecule has 16 nitrogen and oxygen atoms in total. The second-order valence-electron chi connectivity index (χ2n) is 18.3. The Labute approximate surface area is 363 Å². The molecule has 1 spiro atoms.